The van der Waals surface area contributed by atoms with E-state index in [1.807, 2.05) is 12.1 Å². The van der Waals surface area contributed by atoms with Crippen molar-refractivity contribution in [3.05, 3.63) is 35.6 Å². The quantitative estimate of drug-likeness (QED) is 0.741. The van der Waals surface area contributed by atoms with Gasteiger partial charge in [0.1, 0.15) is 5.82 Å². The highest BCUT2D eigenvalue weighted by molar-refractivity contribution is 5.23. The highest BCUT2D eigenvalue weighted by atomic mass is 19.1. The highest BCUT2D eigenvalue weighted by Crippen LogP contribution is 2.33. The van der Waals surface area contributed by atoms with Gasteiger partial charge in [-0.15, -0.1) is 0 Å². The van der Waals surface area contributed by atoms with Crippen molar-refractivity contribution in [3.63, 3.8) is 0 Å². The Kier molecular flexibility index (Phi) is 3.29. The summed E-state index contributed by atoms with van der Waals surface area (Å²) >= 11 is 0. The second-order valence-corrected chi connectivity index (χ2v) is 5.18. The third-order valence-electron chi connectivity index (χ3n) is 3.67. The Morgan fingerprint density at radius 2 is 1.81 bits per heavy atom. The van der Waals surface area contributed by atoms with Gasteiger partial charge in [0.05, 0.1) is 0 Å². The van der Waals surface area contributed by atoms with Gasteiger partial charge < -0.3 is 4.90 Å². The SMILES string of the molecule is CC(C)N1C[C@@H](C)[C@H](c2ccc(F)cc2)C1. The van der Waals surface area contributed by atoms with E-state index in [1.54, 1.807) is 12.1 Å². The maximum atomic E-state index is 12.9. The molecule has 0 unspecified atom stereocenters. The first-order valence-electron chi connectivity index (χ1n) is 6.07. The standard InChI is InChI=1S/C14H20FN/c1-10(2)16-8-11(3)14(9-16)12-4-6-13(15)7-5-12/h4-7,10-11,14H,8-9H2,1-3H3/t11-,14-/m1/s1. The second-order valence-electron chi connectivity index (χ2n) is 5.18. The highest BCUT2D eigenvalue weighted by Gasteiger charge is 2.31. The first-order chi connectivity index (χ1) is 7.58. The Hall–Kier alpha value is -0.890. The summed E-state index contributed by atoms with van der Waals surface area (Å²) in [7, 11) is 0. The van der Waals surface area contributed by atoms with E-state index < -0.39 is 0 Å². The molecular formula is C14H20FN. The molecule has 1 aromatic rings. The third kappa shape index (κ3) is 2.27. The third-order valence-corrected chi connectivity index (χ3v) is 3.67. The molecule has 0 bridgehead atoms. The molecule has 1 saturated heterocycles. The van der Waals surface area contributed by atoms with Gasteiger partial charge in [-0.2, -0.15) is 0 Å². The lowest BCUT2D eigenvalue weighted by molar-refractivity contribution is 0.266. The lowest BCUT2D eigenvalue weighted by Crippen LogP contribution is -2.28. The molecule has 2 atom stereocenters. The van der Waals surface area contributed by atoms with Crippen LogP contribution in [0.15, 0.2) is 24.3 Å². The minimum absolute atomic E-state index is 0.143. The molecule has 2 rings (SSSR count). The van der Waals surface area contributed by atoms with Crippen molar-refractivity contribution in [2.45, 2.75) is 32.7 Å². The van der Waals surface area contributed by atoms with Crippen molar-refractivity contribution in [1.82, 2.24) is 4.90 Å². The minimum Gasteiger partial charge on any atom is -0.300 e. The van der Waals surface area contributed by atoms with Crippen LogP contribution in [0.4, 0.5) is 4.39 Å². The summed E-state index contributed by atoms with van der Waals surface area (Å²) in [6, 6.07) is 7.61. The molecule has 0 spiro atoms. The van der Waals surface area contributed by atoms with Gasteiger partial charge in [0.2, 0.25) is 0 Å². The monoisotopic (exact) mass is 221 g/mol. The molecule has 1 aliphatic heterocycles. The predicted molar refractivity (Wildman–Crippen MR) is 65.0 cm³/mol. The maximum Gasteiger partial charge on any atom is 0.123 e. The van der Waals surface area contributed by atoms with Crippen molar-refractivity contribution in [2.75, 3.05) is 13.1 Å². The van der Waals surface area contributed by atoms with E-state index in [4.69, 9.17) is 0 Å². The zero-order valence-corrected chi connectivity index (χ0v) is 10.3. The minimum atomic E-state index is -0.143. The molecule has 16 heavy (non-hydrogen) atoms. The van der Waals surface area contributed by atoms with E-state index >= 15 is 0 Å². The molecule has 0 amide bonds. The lowest BCUT2D eigenvalue weighted by atomic mass is 9.90. The van der Waals surface area contributed by atoms with E-state index in [1.165, 1.54) is 5.56 Å². The van der Waals surface area contributed by atoms with Gasteiger partial charge in [-0.1, -0.05) is 19.1 Å². The molecular weight excluding hydrogens is 201 g/mol. The van der Waals surface area contributed by atoms with Crippen LogP contribution >= 0.6 is 0 Å². The summed E-state index contributed by atoms with van der Waals surface area (Å²) in [4.78, 5) is 2.50. The second kappa shape index (κ2) is 4.54. The average Bonchev–Trinajstić information content (AvgIpc) is 2.62. The van der Waals surface area contributed by atoms with Crippen LogP contribution in [-0.4, -0.2) is 24.0 Å². The summed E-state index contributed by atoms with van der Waals surface area (Å²) in [6.07, 6.45) is 0. The van der Waals surface area contributed by atoms with Gasteiger partial charge in [-0.25, -0.2) is 4.39 Å². The first kappa shape index (κ1) is 11.6. The topological polar surface area (TPSA) is 3.24 Å². The number of nitrogens with zero attached hydrogens (tertiary/aromatic N) is 1. The molecule has 2 heteroatoms. The maximum absolute atomic E-state index is 12.9. The normalized spacial score (nSPS) is 26.6. The van der Waals surface area contributed by atoms with Gasteiger partial charge >= 0.3 is 0 Å². The Labute approximate surface area is 97.3 Å². The number of benzene rings is 1. The fourth-order valence-electron chi connectivity index (χ4n) is 2.57. The Balaban J connectivity index is 2.13. The molecule has 1 fully saturated rings. The van der Waals surface area contributed by atoms with Crippen molar-refractivity contribution in [3.8, 4) is 0 Å². The number of likely N-dealkylation sites (tertiary alicyclic amines) is 1. The van der Waals surface area contributed by atoms with Crippen LogP contribution < -0.4 is 0 Å². The van der Waals surface area contributed by atoms with Crippen LogP contribution in [-0.2, 0) is 0 Å². The number of rotatable bonds is 2. The fourth-order valence-corrected chi connectivity index (χ4v) is 2.57. The smallest absolute Gasteiger partial charge is 0.123 e. The van der Waals surface area contributed by atoms with E-state index in [0.717, 1.165) is 13.1 Å². The fraction of sp³-hybridized carbons (Fsp3) is 0.571. The molecule has 88 valence electrons. The van der Waals surface area contributed by atoms with E-state index in [2.05, 4.69) is 25.7 Å². The number of hydrogen-bond donors (Lipinski definition) is 0. The van der Waals surface area contributed by atoms with Crippen molar-refractivity contribution < 1.29 is 4.39 Å². The van der Waals surface area contributed by atoms with Gasteiger partial charge in [0.25, 0.3) is 0 Å². The molecule has 1 heterocycles. The summed E-state index contributed by atoms with van der Waals surface area (Å²) in [6.45, 7) is 9.01. The van der Waals surface area contributed by atoms with E-state index in [-0.39, 0.29) is 5.82 Å². The first-order valence-corrected chi connectivity index (χ1v) is 6.07. The zero-order chi connectivity index (χ0) is 11.7. The summed E-state index contributed by atoms with van der Waals surface area (Å²) in [5, 5.41) is 0. The molecule has 0 aliphatic carbocycles. The Morgan fingerprint density at radius 1 is 1.19 bits per heavy atom. The summed E-state index contributed by atoms with van der Waals surface area (Å²) in [5.74, 6) is 1.07. The van der Waals surface area contributed by atoms with Crippen LogP contribution in [0.2, 0.25) is 0 Å². The van der Waals surface area contributed by atoms with Gasteiger partial charge in [0, 0.05) is 25.0 Å². The van der Waals surface area contributed by atoms with Crippen LogP contribution in [0.5, 0.6) is 0 Å². The van der Waals surface area contributed by atoms with Crippen LogP contribution in [0.3, 0.4) is 0 Å². The Bertz CT molecular complexity index is 344. The summed E-state index contributed by atoms with van der Waals surface area (Å²) in [5.41, 5.74) is 1.28. The summed E-state index contributed by atoms with van der Waals surface area (Å²) < 4.78 is 12.9. The molecule has 1 aliphatic rings. The van der Waals surface area contributed by atoms with Gasteiger partial charge in [0.15, 0.2) is 0 Å². The molecule has 0 N–H and O–H groups in total. The number of hydrogen-bond acceptors (Lipinski definition) is 1. The van der Waals surface area contributed by atoms with E-state index in [0.29, 0.717) is 17.9 Å². The average molecular weight is 221 g/mol. The predicted octanol–water partition coefficient (Wildman–Crippen LogP) is 3.27. The van der Waals surface area contributed by atoms with Crippen LogP contribution in [0.25, 0.3) is 0 Å². The van der Waals surface area contributed by atoms with Crippen LogP contribution in [0, 0.1) is 11.7 Å². The van der Waals surface area contributed by atoms with E-state index in [9.17, 15) is 4.39 Å². The molecule has 0 saturated carbocycles. The number of halogens is 1. The van der Waals surface area contributed by atoms with Crippen LogP contribution in [0.1, 0.15) is 32.3 Å². The zero-order valence-electron chi connectivity index (χ0n) is 10.3. The Morgan fingerprint density at radius 3 is 2.31 bits per heavy atom. The molecule has 1 aromatic carbocycles. The van der Waals surface area contributed by atoms with Gasteiger partial charge in [-0.05, 0) is 37.5 Å². The molecule has 1 nitrogen and oxygen atoms in total. The molecule has 0 aromatic heterocycles. The molecule has 0 radical (unpaired) electrons. The van der Waals surface area contributed by atoms with Crippen molar-refractivity contribution >= 4 is 0 Å². The largest absolute Gasteiger partial charge is 0.300 e. The lowest BCUT2D eigenvalue weighted by Gasteiger charge is -2.20. The van der Waals surface area contributed by atoms with Gasteiger partial charge in [-0.3, -0.25) is 0 Å². The van der Waals surface area contributed by atoms with Crippen molar-refractivity contribution in [1.29, 1.82) is 0 Å². The van der Waals surface area contributed by atoms with Crippen molar-refractivity contribution in [2.24, 2.45) is 5.92 Å².